The van der Waals surface area contributed by atoms with Crippen molar-refractivity contribution in [2.24, 2.45) is 0 Å². The van der Waals surface area contributed by atoms with E-state index in [1.165, 1.54) is 24.3 Å². The summed E-state index contributed by atoms with van der Waals surface area (Å²) in [7, 11) is 0. The molecule has 1 amide bonds. The number of carboxylic acid groups (broad SMARTS) is 1. The summed E-state index contributed by atoms with van der Waals surface area (Å²) >= 11 is 0. The van der Waals surface area contributed by atoms with Crippen LogP contribution in [0.15, 0.2) is 24.3 Å². The van der Waals surface area contributed by atoms with Gasteiger partial charge in [0.25, 0.3) is 0 Å². The molecule has 0 bridgehead atoms. The van der Waals surface area contributed by atoms with E-state index in [4.69, 9.17) is 4.74 Å². The zero-order valence-electron chi connectivity index (χ0n) is 11.6. The van der Waals surface area contributed by atoms with Gasteiger partial charge in [0, 0.05) is 12.4 Å². The van der Waals surface area contributed by atoms with Crippen LogP contribution < -0.4 is 10.4 Å². The van der Waals surface area contributed by atoms with Crippen molar-refractivity contribution in [3.05, 3.63) is 35.6 Å². The van der Waals surface area contributed by atoms with Gasteiger partial charge in [-0.05, 0) is 38.5 Å². The zero-order valence-corrected chi connectivity index (χ0v) is 11.6. The molecule has 0 radical (unpaired) electrons. The third-order valence-corrected chi connectivity index (χ3v) is 2.33. The van der Waals surface area contributed by atoms with Crippen molar-refractivity contribution in [2.45, 2.75) is 38.8 Å². The summed E-state index contributed by atoms with van der Waals surface area (Å²) in [5.41, 5.74) is -0.236. The largest absolute Gasteiger partial charge is 0.550 e. The Morgan fingerprint density at radius 2 is 1.85 bits per heavy atom. The highest BCUT2D eigenvalue weighted by Gasteiger charge is 2.20. The van der Waals surface area contributed by atoms with Crippen LogP contribution in [-0.4, -0.2) is 17.7 Å². The number of carboxylic acids is 1. The van der Waals surface area contributed by atoms with Gasteiger partial charge in [0.05, 0.1) is 6.04 Å². The van der Waals surface area contributed by atoms with Crippen LogP contribution in [0.3, 0.4) is 0 Å². The molecule has 0 saturated heterocycles. The maximum atomic E-state index is 12.9. The molecule has 110 valence electrons. The molecule has 0 saturated carbocycles. The van der Waals surface area contributed by atoms with Crippen molar-refractivity contribution >= 4 is 12.1 Å². The Labute approximate surface area is 116 Å². The molecule has 0 aliphatic carbocycles. The van der Waals surface area contributed by atoms with Crippen LogP contribution in [-0.2, 0) is 9.53 Å². The lowest BCUT2D eigenvalue weighted by Crippen LogP contribution is -2.37. The highest BCUT2D eigenvalue weighted by molar-refractivity contribution is 5.71. The van der Waals surface area contributed by atoms with Crippen LogP contribution in [0.2, 0.25) is 0 Å². The monoisotopic (exact) mass is 282 g/mol. The van der Waals surface area contributed by atoms with Crippen LogP contribution in [0.5, 0.6) is 0 Å². The molecular weight excluding hydrogens is 265 g/mol. The van der Waals surface area contributed by atoms with E-state index in [0.29, 0.717) is 5.56 Å². The topological polar surface area (TPSA) is 78.5 Å². The van der Waals surface area contributed by atoms with Crippen molar-refractivity contribution in [1.29, 1.82) is 0 Å². The van der Waals surface area contributed by atoms with Gasteiger partial charge in [-0.3, -0.25) is 0 Å². The summed E-state index contributed by atoms with van der Waals surface area (Å²) in [6.07, 6.45) is -1.17. The Morgan fingerprint density at radius 3 is 2.30 bits per heavy atom. The molecule has 0 aliphatic heterocycles. The first kappa shape index (κ1) is 15.9. The number of benzene rings is 1. The fourth-order valence-electron chi connectivity index (χ4n) is 1.56. The Bertz CT molecular complexity index is 479. The summed E-state index contributed by atoms with van der Waals surface area (Å²) in [5, 5.41) is 13.2. The molecule has 0 heterocycles. The summed E-state index contributed by atoms with van der Waals surface area (Å²) < 4.78 is 17.9. The maximum absolute atomic E-state index is 12.9. The number of ether oxygens (including phenoxy) is 1. The third kappa shape index (κ3) is 5.69. The lowest BCUT2D eigenvalue weighted by Gasteiger charge is -2.24. The van der Waals surface area contributed by atoms with Gasteiger partial charge in [-0.2, -0.15) is 0 Å². The molecule has 0 spiro atoms. The van der Waals surface area contributed by atoms with Crippen molar-refractivity contribution in [3.8, 4) is 0 Å². The smallest absolute Gasteiger partial charge is 0.408 e. The van der Waals surface area contributed by atoms with E-state index >= 15 is 0 Å². The number of carbonyl (C=O) groups is 2. The highest BCUT2D eigenvalue weighted by Crippen LogP contribution is 2.18. The first-order valence-electron chi connectivity index (χ1n) is 6.12. The van der Waals surface area contributed by atoms with Gasteiger partial charge in [0.15, 0.2) is 0 Å². The Hall–Kier alpha value is -2.11. The van der Waals surface area contributed by atoms with E-state index in [-0.39, 0.29) is 0 Å². The van der Waals surface area contributed by atoms with Crippen molar-refractivity contribution in [1.82, 2.24) is 5.32 Å². The Balaban J connectivity index is 2.82. The zero-order chi connectivity index (χ0) is 15.3. The number of hydrogen-bond acceptors (Lipinski definition) is 4. The number of amides is 1. The fourth-order valence-corrected chi connectivity index (χ4v) is 1.56. The standard InChI is InChI=1S/C14H18FNO4/c1-14(2,3)20-13(19)16-11(8-12(17)18)9-4-6-10(15)7-5-9/h4-7,11H,8H2,1-3H3,(H,16,19)(H,17,18)/p-1/t11-/m0/s1. The van der Waals surface area contributed by atoms with Gasteiger partial charge in [-0.15, -0.1) is 0 Å². The average Bonchev–Trinajstić information content (AvgIpc) is 2.25. The van der Waals surface area contributed by atoms with Crippen LogP contribution in [0.25, 0.3) is 0 Å². The number of hydrogen-bond donors (Lipinski definition) is 1. The quantitative estimate of drug-likeness (QED) is 0.908. The van der Waals surface area contributed by atoms with Gasteiger partial charge < -0.3 is 20.0 Å². The summed E-state index contributed by atoms with van der Waals surface area (Å²) in [4.78, 5) is 22.4. The molecule has 1 N–H and O–H groups in total. The molecule has 0 aliphatic rings. The molecule has 5 nitrogen and oxygen atoms in total. The lowest BCUT2D eigenvalue weighted by molar-refractivity contribution is -0.306. The second-order valence-corrected chi connectivity index (χ2v) is 5.33. The van der Waals surface area contributed by atoms with E-state index in [1.807, 2.05) is 0 Å². The molecule has 0 fully saturated rings. The van der Waals surface area contributed by atoms with E-state index in [0.717, 1.165) is 0 Å². The maximum Gasteiger partial charge on any atom is 0.408 e. The average molecular weight is 282 g/mol. The Morgan fingerprint density at radius 1 is 1.30 bits per heavy atom. The van der Waals surface area contributed by atoms with Gasteiger partial charge in [0.1, 0.15) is 11.4 Å². The molecule has 0 unspecified atom stereocenters. The van der Waals surface area contributed by atoms with Gasteiger partial charge in [0.2, 0.25) is 0 Å². The van der Waals surface area contributed by atoms with E-state index in [1.54, 1.807) is 20.8 Å². The molecule has 1 aromatic rings. The number of carbonyl (C=O) groups excluding carboxylic acids is 2. The number of alkyl carbamates (subject to hydrolysis) is 1. The Kier molecular flexibility index (Phi) is 5.07. The van der Waals surface area contributed by atoms with E-state index in [9.17, 15) is 19.1 Å². The molecule has 0 aromatic heterocycles. The van der Waals surface area contributed by atoms with Gasteiger partial charge in [-0.1, -0.05) is 12.1 Å². The normalized spacial score (nSPS) is 12.6. The summed E-state index contributed by atoms with van der Waals surface area (Å²) in [6.45, 7) is 5.08. The number of aliphatic carboxylic acids is 1. The molecular formula is C14H17FNO4-. The van der Waals surface area contributed by atoms with Crippen LogP contribution >= 0.6 is 0 Å². The first-order chi connectivity index (χ1) is 9.17. The number of nitrogens with one attached hydrogen (secondary N) is 1. The minimum Gasteiger partial charge on any atom is -0.550 e. The van der Waals surface area contributed by atoms with Crippen LogP contribution in [0.4, 0.5) is 9.18 Å². The lowest BCUT2D eigenvalue weighted by atomic mass is 10.0. The first-order valence-corrected chi connectivity index (χ1v) is 6.12. The van der Waals surface area contributed by atoms with Gasteiger partial charge in [-0.25, -0.2) is 9.18 Å². The SMILES string of the molecule is CC(C)(C)OC(=O)N[C@@H](CC(=O)[O-])c1ccc(F)cc1. The molecule has 1 rings (SSSR count). The number of halogens is 1. The van der Waals surface area contributed by atoms with E-state index < -0.39 is 35.9 Å². The second kappa shape index (κ2) is 6.36. The molecule has 1 atom stereocenters. The molecule has 20 heavy (non-hydrogen) atoms. The highest BCUT2D eigenvalue weighted by atomic mass is 19.1. The number of rotatable bonds is 4. The van der Waals surface area contributed by atoms with Crippen molar-refractivity contribution in [2.75, 3.05) is 0 Å². The minimum atomic E-state index is -1.32. The molecule has 1 aromatic carbocycles. The predicted molar refractivity (Wildman–Crippen MR) is 68.1 cm³/mol. The van der Waals surface area contributed by atoms with Crippen molar-refractivity contribution < 1.29 is 23.8 Å². The van der Waals surface area contributed by atoms with Crippen LogP contribution in [0, 0.1) is 5.82 Å². The van der Waals surface area contributed by atoms with Crippen molar-refractivity contribution in [3.63, 3.8) is 0 Å². The second-order valence-electron chi connectivity index (χ2n) is 5.33. The third-order valence-electron chi connectivity index (χ3n) is 2.33. The molecule has 6 heteroatoms. The van der Waals surface area contributed by atoms with Crippen LogP contribution in [0.1, 0.15) is 38.8 Å². The fraction of sp³-hybridized carbons (Fsp3) is 0.429. The van der Waals surface area contributed by atoms with Gasteiger partial charge >= 0.3 is 6.09 Å². The minimum absolute atomic E-state index is 0.426. The predicted octanol–water partition coefficient (Wildman–Crippen LogP) is 1.53. The van der Waals surface area contributed by atoms with E-state index in [2.05, 4.69) is 5.32 Å². The summed E-state index contributed by atoms with van der Waals surface area (Å²) in [6, 6.07) is 4.35. The summed E-state index contributed by atoms with van der Waals surface area (Å²) in [5.74, 6) is -1.77.